The predicted octanol–water partition coefficient (Wildman–Crippen LogP) is 7.57. The zero-order valence-electron chi connectivity index (χ0n) is 20.4. The maximum atomic E-state index is 12.4. The molecule has 0 N–H and O–H groups in total. The molecular formula is C27H48O4. The van der Waals surface area contributed by atoms with Gasteiger partial charge in [0.1, 0.15) is 13.2 Å². The molecule has 0 aromatic carbocycles. The molecule has 2 unspecified atom stereocenters. The van der Waals surface area contributed by atoms with Crippen LogP contribution in [0.1, 0.15) is 110 Å². The first-order chi connectivity index (χ1) is 15.1. The highest BCUT2D eigenvalue weighted by molar-refractivity contribution is 5.81. The number of rotatable bonds is 22. The first-order valence-corrected chi connectivity index (χ1v) is 12.6. The summed E-state index contributed by atoms with van der Waals surface area (Å²) in [7, 11) is 0. The van der Waals surface area contributed by atoms with E-state index in [4.69, 9.17) is 9.47 Å². The van der Waals surface area contributed by atoms with Crippen LogP contribution in [0.5, 0.6) is 0 Å². The molecule has 180 valence electrons. The van der Waals surface area contributed by atoms with Gasteiger partial charge in [-0.25, -0.2) is 0 Å². The Bertz CT molecular complexity index is 472. The summed E-state index contributed by atoms with van der Waals surface area (Å²) in [6.45, 7) is 11.5. The molecular weight excluding hydrogens is 388 g/mol. The van der Waals surface area contributed by atoms with Gasteiger partial charge in [-0.3, -0.25) is 9.59 Å². The van der Waals surface area contributed by atoms with Gasteiger partial charge in [0.2, 0.25) is 0 Å². The average molecular weight is 437 g/mol. The SMILES string of the molecule is C=CCOC(=O)C(C)C(CCCCCCCCCCCCCCCC)C(=O)OCC=C. The predicted molar refractivity (Wildman–Crippen MR) is 130 cm³/mol. The van der Waals surface area contributed by atoms with Gasteiger partial charge in [0.15, 0.2) is 0 Å². The van der Waals surface area contributed by atoms with Crippen LogP contribution in [0, 0.1) is 11.8 Å². The zero-order chi connectivity index (χ0) is 23.2. The van der Waals surface area contributed by atoms with E-state index in [-0.39, 0.29) is 25.2 Å². The normalized spacial score (nSPS) is 12.7. The molecule has 4 nitrogen and oxygen atoms in total. The molecule has 0 aromatic heterocycles. The largest absolute Gasteiger partial charge is 0.461 e. The lowest BCUT2D eigenvalue weighted by molar-refractivity contribution is -0.159. The van der Waals surface area contributed by atoms with Gasteiger partial charge in [0, 0.05) is 0 Å². The number of carbonyl (C=O) groups is 2. The molecule has 0 amide bonds. The topological polar surface area (TPSA) is 52.6 Å². The Morgan fingerprint density at radius 2 is 1.06 bits per heavy atom. The van der Waals surface area contributed by atoms with Crippen molar-refractivity contribution in [3.05, 3.63) is 25.3 Å². The van der Waals surface area contributed by atoms with Crippen LogP contribution in [0.3, 0.4) is 0 Å². The van der Waals surface area contributed by atoms with E-state index in [2.05, 4.69) is 20.1 Å². The highest BCUT2D eigenvalue weighted by atomic mass is 16.5. The van der Waals surface area contributed by atoms with Crippen molar-refractivity contribution >= 4 is 11.9 Å². The van der Waals surface area contributed by atoms with E-state index in [1.54, 1.807) is 13.0 Å². The Hall–Kier alpha value is -1.58. The Labute approximate surface area is 191 Å². The van der Waals surface area contributed by atoms with E-state index < -0.39 is 11.8 Å². The summed E-state index contributed by atoms with van der Waals surface area (Å²) in [6.07, 6.45) is 21.8. The third kappa shape index (κ3) is 16.7. The van der Waals surface area contributed by atoms with Crippen LogP contribution >= 0.6 is 0 Å². The molecule has 0 radical (unpaired) electrons. The number of hydrogen-bond acceptors (Lipinski definition) is 4. The van der Waals surface area contributed by atoms with Crippen molar-refractivity contribution in [1.82, 2.24) is 0 Å². The summed E-state index contributed by atoms with van der Waals surface area (Å²) in [5.41, 5.74) is 0. The zero-order valence-corrected chi connectivity index (χ0v) is 20.4. The third-order valence-corrected chi connectivity index (χ3v) is 5.83. The Balaban J connectivity index is 3.96. The second kappa shape index (κ2) is 21.6. The molecule has 0 aliphatic carbocycles. The van der Waals surface area contributed by atoms with Gasteiger partial charge in [-0.1, -0.05) is 129 Å². The summed E-state index contributed by atoms with van der Waals surface area (Å²) >= 11 is 0. The molecule has 0 aliphatic heterocycles. The summed E-state index contributed by atoms with van der Waals surface area (Å²) in [5.74, 6) is -1.68. The van der Waals surface area contributed by atoms with Crippen LogP contribution in [-0.2, 0) is 19.1 Å². The smallest absolute Gasteiger partial charge is 0.310 e. The van der Waals surface area contributed by atoms with E-state index in [0.717, 1.165) is 12.8 Å². The highest BCUT2D eigenvalue weighted by Crippen LogP contribution is 2.23. The fourth-order valence-electron chi connectivity index (χ4n) is 3.82. The lowest BCUT2D eigenvalue weighted by Crippen LogP contribution is -2.31. The molecule has 0 heterocycles. The van der Waals surface area contributed by atoms with Crippen LogP contribution in [0.15, 0.2) is 25.3 Å². The van der Waals surface area contributed by atoms with Crippen molar-refractivity contribution in [1.29, 1.82) is 0 Å². The Morgan fingerprint density at radius 1 is 0.677 bits per heavy atom. The van der Waals surface area contributed by atoms with Crippen molar-refractivity contribution in [2.45, 2.75) is 110 Å². The van der Waals surface area contributed by atoms with E-state index in [1.807, 2.05) is 0 Å². The van der Waals surface area contributed by atoms with Crippen LogP contribution in [-0.4, -0.2) is 25.2 Å². The summed E-state index contributed by atoms with van der Waals surface area (Å²) in [5, 5.41) is 0. The van der Waals surface area contributed by atoms with Gasteiger partial charge in [-0.2, -0.15) is 0 Å². The van der Waals surface area contributed by atoms with E-state index in [9.17, 15) is 9.59 Å². The number of esters is 2. The van der Waals surface area contributed by atoms with E-state index >= 15 is 0 Å². The van der Waals surface area contributed by atoms with Gasteiger partial charge in [-0.15, -0.1) is 0 Å². The number of ether oxygens (including phenoxy) is 2. The Morgan fingerprint density at radius 3 is 1.48 bits per heavy atom. The van der Waals surface area contributed by atoms with Crippen molar-refractivity contribution < 1.29 is 19.1 Å². The van der Waals surface area contributed by atoms with Crippen molar-refractivity contribution in [2.24, 2.45) is 11.8 Å². The number of unbranched alkanes of at least 4 members (excludes halogenated alkanes) is 13. The molecule has 4 heteroatoms. The molecule has 0 bridgehead atoms. The van der Waals surface area contributed by atoms with Gasteiger partial charge in [-0.05, 0) is 6.42 Å². The minimum atomic E-state index is -0.515. The maximum Gasteiger partial charge on any atom is 0.310 e. The maximum absolute atomic E-state index is 12.4. The van der Waals surface area contributed by atoms with Crippen molar-refractivity contribution in [3.8, 4) is 0 Å². The van der Waals surface area contributed by atoms with E-state index in [1.165, 1.54) is 83.1 Å². The molecule has 31 heavy (non-hydrogen) atoms. The van der Waals surface area contributed by atoms with Gasteiger partial charge in [0.25, 0.3) is 0 Å². The highest BCUT2D eigenvalue weighted by Gasteiger charge is 2.31. The monoisotopic (exact) mass is 436 g/mol. The number of carbonyl (C=O) groups excluding carboxylic acids is 2. The molecule has 0 rings (SSSR count). The first-order valence-electron chi connectivity index (χ1n) is 12.6. The number of hydrogen-bond donors (Lipinski definition) is 0. The quantitative estimate of drug-likeness (QED) is 0.0997. The average Bonchev–Trinajstić information content (AvgIpc) is 2.78. The van der Waals surface area contributed by atoms with Crippen LogP contribution in [0.4, 0.5) is 0 Å². The first kappa shape index (κ1) is 29.4. The summed E-state index contributed by atoms with van der Waals surface area (Å²) in [6, 6.07) is 0. The van der Waals surface area contributed by atoms with Crippen molar-refractivity contribution in [2.75, 3.05) is 13.2 Å². The fraction of sp³-hybridized carbons (Fsp3) is 0.778. The van der Waals surface area contributed by atoms with Gasteiger partial charge < -0.3 is 9.47 Å². The molecule has 0 saturated carbocycles. The Kier molecular flexibility index (Phi) is 20.5. The van der Waals surface area contributed by atoms with Crippen LogP contribution in [0.25, 0.3) is 0 Å². The van der Waals surface area contributed by atoms with Crippen LogP contribution < -0.4 is 0 Å². The fourth-order valence-corrected chi connectivity index (χ4v) is 3.82. The minimum absolute atomic E-state index is 0.163. The standard InChI is InChI=1S/C27H48O4/c1-5-8-9-10-11-12-13-14-15-16-17-18-19-20-21-25(27(29)31-23-7-3)24(4)26(28)30-22-6-2/h6-7,24-25H,2-3,5,8-23H2,1,4H3. The van der Waals surface area contributed by atoms with E-state index in [0.29, 0.717) is 6.42 Å². The lowest BCUT2D eigenvalue weighted by atomic mass is 9.88. The molecule has 2 atom stereocenters. The van der Waals surface area contributed by atoms with Crippen LogP contribution in [0.2, 0.25) is 0 Å². The lowest BCUT2D eigenvalue weighted by Gasteiger charge is -2.21. The molecule has 0 fully saturated rings. The summed E-state index contributed by atoms with van der Waals surface area (Å²) < 4.78 is 10.3. The molecule has 0 saturated heterocycles. The second-order valence-electron chi connectivity index (χ2n) is 8.62. The second-order valence-corrected chi connectivity index (χ2v) is 8.62. The molecule has 0 aliphatic rings. The third-order valence-electron chi connectivity index (χ3n) is 5.83. The van der Waals surface area contributed by atoms with Gasteiger partial charge >= 0.3 is 11.9 Å². The van der Waals surface area contributed by atoms with Gasteiger partial charge in [0.05, 0.1) is 11.8 Å². The molecule has 0 spiro atoms. The molecule has 0 aromatic rings. The summed E-state index contributed by atoms with van der Waals surface area (Å²) in [4.78, 5) is 24.6. The van der Waals surface area contributed by atoms with Crippen molar-refractivity contribution in [3.63, 3.8) is 0 Å². The minimum Gasteiger partial charge on any atom is -0.461 e.